The molecule has 0 saturated heterocycles. The molecule has 0 atom stereocenters. The minimum atomic E-state index is -0.491. The van der Waals surface area contributed by atoms with Gasteiger partial charge in [-0.3, -0.25) is 30.7 Å². The Morgan fingerprint density at radius 1 is 1.09 bits per heavy atom. The Balaban J connectivity index is 1.85. The molecular formula is C13H11N5O3S. The molecule has 112 valence electrons. The Bertz CT molecular complexity index is 691. The average molecular weight is 317 g/mol. The predicted molar refractivity (Wildman–Crippen MR) is 84.2 cm³/mol. The molecule has 0 saturated carbocycles. The van der Waals surface area contributed by atoms with Gasteiger partial charge in [0.05, 0.1) is 4.92 Å². The summed E-state index contributed by atoms with van der Waals surface area (Å²) in [5, 5.41) is 13.5. The van der Waals surface area contributed by atoms with E-state index in [9.17, 15) is 14.9 Å². The predicted octanol–water partition coefficient (Wildman–Crippen LogP) is 1.62. The van der Waals surface area contributed by atoms with E-state index in [-0.39, 0.29) is 16.7 Å². The first-order valence-electron chi connectivity index (χ1n) is 6.08. The van der Waals surface area contributed by atoms with Gasteiger partial charge in [0.15, 0.2) is 5.11 Å². The molecule has 0 unspecified atom stereocenters. The van der Waals surface area contributed by atoms with E-state index in [2.05, 4.69) is 21.2 Å². The molecule has 0 fully saturated rings. The number of nitrogens with one attached hydrogen (secondary N) is 3. The van der Waals surface area contributed by atoms with Crippen molar-refractivity contribution in [2.24, 2.45) is 0 Å². The quantitative estimate of drug-likeness (QED) is 0.448. The standard InChI is InChI=1S/C13H11N5O3S/c19-12(9-5-7-14-8-6-9)16-17-13(22)15-10-1-3-11(4-2-10)18(20)21/h1-8H,(H,16,19)(H2,15,17,22). The van der Waals surface area contributed by atoms with E-state index in [1.165, 1.54) is 36.7 Å². The fourth-order valence-corrected chi connectivity index (χ4v) is 1.69. The number of aromatic nitrogens is 1. The van der Waals surface area contributed by atoms with E-state index in [0.717, 1.165) is 0 Å². The van der Waals surface area contributed by atoms with Crippen LogP contribution in [-0.4, -0.2) is 20.9 Å². The molecule has 0 spiro atoms. The van der Waals surface area contributed by atoms with Crippen molar-refractivity contribution in [2.75, 3.05) is 5.32 Å². The van der Waals surface area contributed by atoms with Crippen LogP contribution in [0.2, 0.25) is 0 Å². The number of benzene rings is 1. The van der Waals surface area contributed by atoms with Crippen LogP contribution < -0.4 is 16.2 Å². The number of nitrogens with zero attached hydrogens (tertiary/aromatic N) is 2. The number of nitro groups is 1. The van der Waals surface area contributed by atoms with Crippen LogP contribution in [0.1, 0.15) is 10.4 Å². The van der Waals surface area contributed by atoms with Gasteiger partial charge < -0.3 is 5.32 Å². The van der Waals surface area contributed by atoms with Gasteiger partial charge in [-0.25, -0.2) is 0 Å². The number of pyridine rings is 1. The van der Waals surface area contributed by atoms with E-state index in [4.69, 9.17) is 12.2 Å². The van der Waals surface area contributed by atoms with Crippen molar-refractivity contribution < 1.29 is 9.72 Å². The summed E-state index contributed by atoms with van der Waals surface area (Å²) in [4.78, 5) is 25.6. The first-order chi connectivity index (χ1) is 10.6. The van der Waals surface area contributed by atoms with Gasteiger partial charge in [-0.05, 0) is 36.5 Å². The van der Waals surface area contributed by atoms with Gasteiger partial charge in [-0.15, -0.1) is 0 Å². The molecular weight excluding hydrogens is 306 g/mol. The fraction of sp³-hybridized carbons (Fsp3) is 0. The molecule has 8 nitrogen and oxygen atoms in total. The zero-order valence-corrected chi connectivity index (χ0v) is 12.0. The van der Waals surface area contributed by atoms with Crippen LogP contribution >= 0.6 is 12.2 Å². The number of carbonyl (C=O) groups is 1. The third-order valence-corrected chi connectivity index (χ3v) is 2.77. The van der Waals surface area contributed by atoms with Crippen LogP contribution in [0.4, 0.5) is 11.4 Å². The average Bonchev–Trinajstić information content (AvgIpc) is 2.54. The molecule has 0 aliphatic carbocycles. The van der Waals surface area contributed by atoms with Crippen molar-refractivity contribution in [1.82, 2.24) is 15.8 Å². The van der Waals surface area contributed by atoms with Crippen LogP contribution in [0.3, 0.4) is 0 Å². The van der Waals surface area contributed by atoms with Gasteiger partial charge in [0, 0.05) is 35.8 Å². The maximum Gasteiger partial charge on any atom is 0.269 e. The number of thiocarbonyl (C=S) groups is 1. The summed E-state index contributed by atoms with van der Waals surface area (Å²) in [6, 6.07) is 8.84. The molecule has 1 aromatic heterocycles. The minimum Gasteiger partial charge on any atom is -0.331 e. The Morgan fingerprint density at radius 3 is 2.32 bits per heavy atom. The van der Waals surface area contributed by atoms with Crippen molar-refractivity contribution in [1.29, 1.82) is 0 Å². The number of carbonyl (C=O) groups excluding carboxylic acids is 1. The summed E-state index contributed by atoms with van der Waals surface area (Å²) in [5.74, 6) is -0.366. The normalized spacial score (nSPS) is 9.64. The Kier molecular flexibility index (Phi) is 4.94. The molecule has 0 bridgehead atoms. The van der Waals surface area contributed by atoms with E-state index in [1.807, 2.05) is 0 Å². The third kappa shape index (κ3) is 4.21. The molecule has 1 heterocycles. The maximum atomic E-state index is 11.8. The highest BCUT2D eigenvalue weighted by Crippen LogP contribution is 2.15. The smallest absolute Gasteiger partial charge is 0.269 e. The summed E-state index contributed by atoms with van der Waals surface area (Å²) >= 11 is 5.01. The van der Waals surface area contributed by atoms with Crippen LogP contribution in [0.25, 0.3) is 0 Å². The zero-order valence-electron chi connectivity index (χ0n) is 11.1. The van der Waals surface area contributed by atoms with Gasteiger partial charge in [0.25, 0.3) is 11.6 Å². The number of hydrogen-bond acceptors (Lipinski definition) is 5. The summed E-state index contributed by atoms with van der Waals surface area (Å²) in [6.45, 7) is 0. The van der Waals surface area contributed by atoms with Crippen molar-refractivity contribution in [3.8, 4) is 0 Å². The number of anilines is 1. The number of nitro benzene ring substituents is 1. The van der Waals surface area contributed by atoms with Crippen LogP contribution in [0, 0.1) is 10.1 Å². The van der Waals surface area contributed by atoms with Gasteiger partial charge in [-0.2, -0.15) is 0 Å². The molecule has 1 amide bonds. The second-order valence-corrected chi connectivity index (χ2v) is 4.48. The summed E-state index contributed by atoms with van der Waals surface area (Å²) < 4.78 is 0. The van der Waals surface area contributed by atoms with Crippen molar-refractivity contribution in [3.05, 3.63) is 64.5 Å². The van der Waals surface area contributed by atoms with E-state index in [1.54, 1.807) is 12.1 Å². The van der Waals surface area contributed by atoms with Crippen LogP contribution in [0.5, 0.6) is 0 Å². The Hall–Kier alpha value is -3.07. The van der Waals surface area contributed by atoms with Gasteiger partial charge in [0.1, 0.15) is 0 Å². The summed E-state index contributed by atoms with van der Waals surface area (Å²) in [7, 11) is 0. The van der Waals surface area contributed by atoms with Crippen molar-refractivity contribution >= 4 is 34.6 Å². The molecule has 3 N–H and O–H groups in total. The highest BCUT2D eigenvalue weighted by atomic mass is 32.1. The first-order valence-corrected chi connectivity index (χ1v) is 6.49. The lowest BCUT2D eigenvalue weighted by Gasteiger charge is -2.11. The van der Waals surface area contributed by atoms with Gasteiger partial charge >= 0.3 is 0 Å². The second-order valence-electron chi connectivity index (χ2n) is 4.07. The number of amides is 1. The lowest BCUT2D eigenvalue weighted by molar-refractivity contribution is -0.384. The lowest BCUT2D eigenvalue weighted by atomic mass is 10.3. The maximum absolute atomic E-state index is 11.8. The molecule has 0 aliphatic heterocycles. The molecule has 0 aliphatic rings. The molecule has 2 rings (SSSR count). The number of rotatable bonds is 3. The molecule has 22 heavy (non-hydrogen) atoms. The van der Waals surface area contributed by atoms with Crippen molar-refractivity contribution in [3.63, 3.8) is 0 Å². The number of hydrogen-bond donors (Lipinski definition) is 3. The first kappa shape index (κ1) is 15.3. The van der Waals surface area contributed by atoms with E-state index < -0.39 is 4.92 Å². The van der Waals surface area contributed by atoms with Gasteiger partial charge in [0.2, 0.25) is 0 Å². The Labute approximate surface area is 130 Å². The number of hydrazine groups is 1. The fourth-order valence-electron chi connectivity index (χ4n) is 1.52. The largest absolute Gasteiger partial charge is 0.331 e. The summed E-state index contributed by atoms with van der Waals surface area (Å²) in [5.41, 5.74) is 5.92. The molecule has 1 aromatic carbocycles. The third-order valence-electron chi connectivity index (χ3n) is 2.57. The minimum absolute atomic E-state index is 0.0181. The highest BCUT2D eigenvalue weighted by molar-refractivity contribution is 7.80. The molecule has 2 aromatic rings. The second kappa shape index (κ2) is 7.09. The number of non-ortho nitro benzene ring substituents is 1. The molecule has 0 radical (unpaired) electrons. The summed E-state index contributed by atoms with van der Waals surface area (Å²) in [6.07, 6.45) is 3.00. The van der Waals surface area contributed by atoms with Crippen LogP contribution in [-0.2, 0) is 0 Å². The SMILES string of the molecule is O=C(NNC(=S)Nc1ccc([N+](=O)[O-])cc1)c1ccncc1. The van der Waals surface area contributed by atoms with Gasteiger partial charge in [-0.1, -0.05) is 0 Å². The Morgan fingerprint density at radius 2 is 1.73 bits per heavy atom. The molecule has 9 heteroatoms. The van der Waals surface area contributed by atoms with Crippen LogP contribution in [0.15, 0.2) is 48.8 Å². The highest BCUT2D eigenvalue weighted by Gasteiger charge is 2.06. The zero-order chi connectivity index (χ0) is 15.9. The van der Waals surface area contributed by atoms with E-state index >= 15 is 0 Å². The van der Waals surface area contributed by atoms with Crippen molar-refractivity contribution in [2.45, 2.75) is 0 Å². The van der Waals surface area contributed by atoms with E-state index in [0.29, 0.717) is 11.3 Å². The monoisotopic (exact) mass is 317 g/mol. The topological polar surface area (TPSA) is 109 Å². The lowest BCUT2D eigenvalue weighted by Crippen LogP contribution is -2.43.